The normalized spacial score (nSPS) is 12.4. The molecule has 2 amide bonds. The van der Waals surface area contributed by atoms with Crippen LogP contribution in [0.25, 0.3) is 0 Å². The molecule has 0 aliphatic heterocycles. The standard InChI is InChI=1S/C24H31Br2N3O4S/c1-16(2)13-27-24(31)18(4)28(14-19-7-6-8-20(25)12-19)23(30)15-29(34(5,32)33)21-9-10-22(26)17(3)11-21/h6-12,16,18H,13-15H2,1-5H3,(H,27,31)/t18-/m1/s1. The lowest BCUT2D eigenvalue weighted by Crippen LogP contribution is -2.51. The Labute approximate surface area is 219 Å². The van der Waals surface area contributed by atoms with Crippen LogP contribution < -0.4 is 9.62 Å². The lowest BCUT2D eigenvalue weighted by Gasteiger charge is -2.31. The van der Waals surface area contributed by atoms with Gasteiger partial charge in [-0.3, -0.25) is 13.9 Å². The van der Waals surface area contributed by atoms with Gasteiger partial charge >= 0.3 is 0 Å². The Hall–Kier alpha value is -1.91. The molecule has 0 aliphatic carbocycles. The zero-order chi connectivity index (χ0) is 25.6. The first-order chi connectivity index (χ1) is 15.8. The van der Waals surface area contributed by atoms with Crippen LogP contribution in [-0.2, 0) is 26.2 Å². The van der Waals surface area contributed by atoms with Crippen molar-refractivity contribution >= 4 is 59.4 Å². The van der Waals surface area contributed by atoms with Crippen LogP contribution >= 0.6 is 31.9 Å². The summed E-state index contributed by atoms with van der Waals surface area (Å²) < 4.78 is 28.0. The summed E-state index contributed by atoms with van der Waals surface area (Å²) in [5.41, 5.74) is 2.04. The second kappa shape index (κ2) is 12.2. The van der Waals surface area contributed by atoms with E-state index in [4.69, 9.17) is 0 Å². The average molecular weight is 617 g/mol. The first-order valence-corrected chi connectivity index (χ1v) is 14.3. The van der Waals surface area contributed by atoms with Crippen LogP contribution in [0.15, 0.2) is 51.4 Å². The molecule has 1 atom stereocenters. The van der Waals surface area contributed by atoms with Gasteiger partial charge in [-0.25, -0.2) is 8.42 Å². The highest BCUT2D eigenvalue weighted by molar-refractivity contribution is 9.10. The molecule has 0 spiro atoms. The molecule has 0 saturated carbocycles. The summed E-state index contributed by atoms with van der Waals surface area (Å²) in [6.45, 7) is 7.69. The molecule has 0 aliphatic rings. The van der Waals surface area contributed by atoms with Crippen LogP contribution in [-0.4, -0.2) is 50.5 Å². The van der Waals surface area contributed by atoms with Gasteiger partial charge in [0.05, 0.1) is 11.9 Å². The highest BCUT2D eigenvalue weighted by atomic mass is 79.9. The largest absolute Gasteiger partial charge is 0.354 e. The lowest BCUT2D eigenvalue weighted by molar-refractivity contribution is -0.139. The fraction of sp³-hybridized carbons (Fsp3) is 0.417. The predicted molar refractivity (Wildman–Crippen MR) is 143 cm³/mol. The smallest absolute Gasteiger partial charge is 0.244 e. The van der Waals surface area contributed by atoms with Gasteiger partial charge in [-0.2, -0.15) is 0 Å². The number of carbonyl (C=O) groups excluding carboxylic acids is 2. The van der Waals surface area contributed by atoms with E-state index >= 15 is 0 Å². The van der Waals surface area contributed by atoms with Crippen LogP contribution in [0.1, 0.15) is 31.9 Å². The van der Waals surface area contributed by atoms with Gasteiger partial charge in [0.15, 0.2) is 0 Å². The highest BCUT2D eigenvalue weighted by Gasteiger charge is 2.30. The van der Waals surface area contributed by atoms with Crippen molar-refractivity contribution in [3.63, 3.8) is 0 Å². The highest BCUT2D eigenvalue weighted by Crippen LogP contribution is 2.25. The van der Waals surface area contributed by atoms with E-state index in [1.165, 1.54) is 4.90 Å². The minimum atomic E-state index is -3.76. The minimum Gasteiger partial charge on any atom is -0.354 e. The van der Waals surface area contributed by atoms with Crippen LogP contribution in [0.3, 0.4) is 0 Å². The molecule has 0 saturated heterocycles. The number of benzene rings is 2. The van der Waals surface area contributed by atoms with Crippen molar-refractivity contribution in [3.05, 3.63) is 62.5 Å². The number of sulfonamides is 1. The molecule has 0 heterocycles. The number of carbonyl (C=O) groups is 2. The van der Waals surface area contributed by atoms with Gasteiger partial charge in [-0.1, -0.05) is 57.8 Å². The number of hydrogen-bond acceptors (Lipinski definition) is 4. The molecule has 0 aromatic heterocycles. The molecule has 0 radical (unpaired) electrons. The SMILES string of the molecule is Cc1cc(N(CC(=O)N(Cc2cccc(Br)c2)[C@H](C)C(=O)NCC(C)C)S(C)(=O)=O)ccc1Br. The number of rotatable bonds is 10. The van der Waals surface area contributed by atoms with Crippen LogP contribution in [0, 0.1) is 12.8 Å². The monoisotopic (exact) mass is 615 g/mol. The van der Waals surface area contributed by atoms with Gasteiger partial charge in [0.25, 0.3) is 0 Å². The zero-order valence-electron chi connectivity index (χ0n) is 20.0. The van der Waals surface area contributed by atoms with E-state index in [2.05, 4.69) is 37.2 Å². The Morgan fingerprint density at radius 3 is 2.29 bits per heavy atom. The molecular weight excluding hydrogens is 586 g/mol. The van der Waals surface area contributed by atoms with Gasteiger partial charge < -0.3 is 10.2 Å². The molecule has 2 aromatic carbocycles. The maximum Gasteiger partial charge on any atom is 0.244 e. The third-order valence-corrected chi connectivity index (χ3v) is 7.73. The number of nitrogens with one attached hydrogen (secondary N) is 1. The van der Waals surface area contributed by atoms with E-state index in [0.29, 0.717) is 12.2 Å². The topological polar surface area (TPSA) is 86.8 Å². The molecule has 2 rings (SSSR count). The summed E-state index contributed by atoms with van der Waals surface area (Å²) in [4.78, 5) is 27.8. The third kappa shape index (κ3) is 8.09. The summed E-state index contributed by atoms with van der Waals surface area (Å²) >= 11 is 6.85. The van der Waals surface area contributed by atoms with Crippen molar-refractivity contribution in [1.29, 1.82) is 0 Å². The van der Waals surface area contributed by atoms with Crippen LogP contribution in [0.2, 0.25) is 0 Å². The van der Waals surface area contributed by atoms with Crippen molar-refractivity contribution in [2.75, 3.05) is 23.7 Å². The van der Waals surface area contributed by atoms with Crippen LogP contribution in [0.4, 0.5) is 5.69 Å². The summed E-state index contributed by atoms with van der Waals surface area (Å²) in [5, 5.41) is 2.86. The van der Waals surface area contributed by atoms with Crippen molar-refractivity contribution < 1.29 is 18.0 Å². The number of hydrogen-bond donors (Lipinski definition) is 1. The maximum atomic E-state index is 13.5. The molecule has 0 unspecified atom stereocenters. The maximum absolute atomic E-state index is 13.5. The van der Waals surface area contributed by atoms with Gasteiger partial charge in [-0.05, 0) is 61.2 Å². The molecule has 2 aromatic rings. The fourth-order valence-electron chi connectivity index (χ4n) is 3.26. The van der Waals surface area contributed by atoms with Gasteiger partial charge in [0, 0.05) is 22.0 Å². The van der Waals surface area contributed by atoms with E-state index in [1.807, 2.05) is 45.0 Å². The van der Waals surface area contributed by atoms with Crippen molar-refractivity contribution in [2.24, 2.45) is 5.92 Å². The number of anilines is 1. The second-order valence-electron chi connectivity index (χ2n) is 8.67. The summed E-state index contributed by atoms with van der Waals surface area (Å²) in [7, 11) is -3.76. The summed E-state index contributed by atoms with van der Waals surface area (Å²) in [5.74, 6) is -0.507. The van der Waals surface area contributed by atoms with E-state index in [0.717, 1.165) is 30.6 Å². The molecule has 34 heavy (non-hydrogen) atoms. The van der Waals surface area contributed by atoms with Gasteiger partial charge in [0.2, 0.25) is 21.8 Å². The molecule has 0 fully saturated rings. The fourth-order valence-corrected chi connectivity index (χ4v) is 4.80. The van der Waals surface area contributed by atoms with Gasteiger partial charge in [-0.15, -0.1) is 0 Å². The Bertz CT molecular complexity index is 1140. The zero-order valence-corrected chi connectivity index (χ0v) is 24.0. The van der Waals surface area contributed by atoms with E-state index in [9.17, 15) is 18.0 Å². The van der Waals surface area contributed by atoms with E-state index in [-0.39, 0.29) is 18.4 Å². The Morgan fingerprint density at radius 2 is 1.74 bits per heavy atom. The molecule has 7 nitrogen and oxygen atoms in total. The Balaban J connectivity index is 2.39. The molecule has 1 N–H and O–H groups in total. The number of halogens is 2. The van der Waals surface area contributed by atoms with Crippen molar-refractivity contribution in [2.45, 2.75) is 40.3 Å². The van der Waals surface area contributed by atoms with E-state index < -0.39 is 28.5 Å². The average Bonchev–Trinajstić information content (AvgIpc) is 2.74. The molecule has 186 valence electrons. The minimum absolute atomic E-state index is 0.158. The number of nitrogens with zero attached hydrogens (tertiary/aromatic N) is 2. The molecular formula is C24H31Br2N3O4S. The second-order valence-corrected chi connectivity index (χ2v) is 12.3. The molecule has 0 bridgehead atoms. The predicted octanol–water partition coefficient (Wildman–Crippen LogP) is 4.48. The summed E-state index contributed by atoms with van der Waals surface area (Å²) in [6.07, 6.45) is 1.06. The number of amides is 2. The number of aryl methyl sites for hydroxylation is 1. The van der Waals surface area contributed by atoms with Crippen LogP contribution in [0.5, 0.6) is 0 Å². The third-order valence-electron chi connectivity index (χ3n) is 5.20. The summed E-state index contributed by atoms with van der Waals surface area (Å²) in [6, 6.07) is 11.7. The Kier molecular flexibility index (Phi) is 10.1. The lowest BCUT2D eigenvalue weighted by atomic mass is 10.1. The van der Waals surface area contributed by atoms with E-state index in [1.54, 1.807) is 25.1 Å². The van der Waals surface area contributed by atoms with Crippen molar-refractivity contribution in [3.8, 4) is 0 Å². The van der Waals surface area contributed by atoms with Gasteiger partial charge in [0.1, 0.15) is 12.6 Å². The first kappa shape index (κ1) is 28.3. The first-order valence-electron chi connectivity index (χ1n) is 10.8. The quantitative estimate of drug-likeness (QED) is 0.427. The Morgan fingerprint density at radius 1 is 1.06 bits per heavy atom. The molecule has 10 heteroatoms. The van der Waals surface area contributed by atoms with Crippen molar-refractivity contribution in [1.82, 2.24) is 10.2 Å².